The number of benzene rings is 1. The Balaban J connectivity index is 2.18. The normalized spacial score (nSPS) is 20.2. The zero-order valence-electron chi connectivity index (χ0n) is 9.27. The molecular weight excluding hydrogens is 222 g/mol. The molecule has 3 N–H and O–H groups in total. The average Bonchev–Trinajstić information content (AvgIpc) is 2.19. The highest BCUT2D eigenvalue weighted by Crippen LogP contribution is 2.37. The third-order valence-electron chi connectivity index (χ3n) is 3.60. The Labute approximate surface area is 101 Å². The molecule has 88 valence electrons. The maximum atomic E-state index is 10.3. The molecular formula is C13H18ClNO. The summed E-state index contributed by atoms with van der Waals surface area (Å²) in [6, 6.07) is 7.65. The number of aliphatic hydroxyl groups excluding tert-OH is 1. The van der Waals surface area contributed by atoms with Crippen LogP contribution in [0, 0.1) is 5.92 Å². The van der Waals surface area contributed by atoms with Gasteiger partial charge in [-0.05, 0) is 30.4 Å². The topological polar surface area (TPSA) is 46.2 Å². The predicted molar refractivity (Wildman–Crippen MR) is 66.6 cm³/mol. The van der Waals surface area contributed by atoms with Crippen molar-refractivity contribution in [2.24, 2.45) is 11.7 Å². The molecule has 0 saturated heterocycles. The summed E-state index contributed by atoms with van der Waals surface area (Å²) in [6.07, 6.45) is 3.10. The third-order valence-corrected chi connectivity index (χ3v) is 3.95. The standard InChI is InChI=1S/C13H18ClNO/c14-12-7-2-1-6-10(12)11(8-15)13(16)9-4-3-5-9/h1-2,6-7,9,11,13,16H,3-5,8,15H2. The molecule has 3 heteroatoms. The zero-order valence-corrected chi connectivity index (χ0v) is 10.0. The predicted octanol–water partition coefficient (Wildman–Crippen LogP) is 2.54. The smallest absolute Gasteiger partial charge is 0.0649 e. The lowest BCUT2D eigenvalue weighted by Gasteiger charge is -2.35. The van der Waals surface area contributed by atoms with E-state index in [1.54, 1.807) is 0 Å². The minimum Gasteiger partial charge on any atom is -0.392 e. The van der Waals surface area contributed by atoms with E-state index in [0.717, 1.165) is 18.4 Å². The maximum absolute atomic E-state index is 10.3. The summed E-state index contributed by atoms with van der Waals surface area (Å²) in [5, 5.41) is 11.0. The molecule has 2 rings (SSSR count). The monoisotopic (exact) mass is 239 g/mol. The summed E-state index contributed by atoms with van der Waals surface area (Å²) < 4.78 is 0. The Hall–Kier alpha value is -0.570. The number of aliphatic hydroxyl groups is 1. The van der Waals surface area contributed by atoms with E-state index in [1.165, 1.54) is 6.42 Å². The van der Waals surface area contributed by atoms with E-state index in [0.29, 0.717) is 17.5 Å². The minimum atomic E-state index is -0.348. The van der Waals surface area contributed by atoms with Crippen LogP contribution in [0.4, 0.5) is 0 Å². The number of hydrogen-bond donors (Lipinski definition) is 2. The van der Waals surface area contributed by atoms with E-state index in [4.69, 9.17) is 17.3 Å². The second-order valence-corrected chi connectivity index (χ2v) is 4.95. The van der Waals surface area contributed by atoms with Crippen LogP contribution in [0.25, 0.3) is 0 Å². The molecule has 2 nitrogen and oxygen atoms in total. The van der Waals surface area contributed by atoms with Gasteiger partial charge in [0.15, 0.2) is 0 Å². The number of halogens is 1. The van der Waals surface area contributed by atoms with Crippen molar-refractivity contribution < 1.29 is 5.11 Å². The highest BCUT2D eigenvalue weighted by atomic mass is 35.5. The molecule has 0 radical (unpaired) electrons. The summed E-state index contributed by atoms with van der Waals surface area (Å²) >= 11 is 6.14. The molecule has 0 bridgehead atoms. The molecule has 1 aromatic carbocycles. The van der Waals surface area contributed by atoms with E-state index in [2.05, 4.69) is 0 Å². The van der Waals surface area contributed by atoms with Crippen LogP contribution in [0.3, 0.4) is 0 Å². The Bertz CT molecular complexity index is 352. The van der Waals surface area contributed by atoms with Crippen molar-refractivity contribution in [3.63, 3.8) is 0 Å². The average molecular weight is 240 g/mol. The SMILES string of the molecule is NCC(c1ccccc1Cl)C(O)C1CCC1. The van der Waals surface area contributed by atoms with Crippen LogP contribution in [-0.2, 0) is 0 Å². The third kappa shape index (κ3) is 2.24. The molecule has 0 aromatic heterocycles. The van der Waals surface area contributed by atoms with Crippen LogP contribution in [0.5, 0.6) is 0 Å². The van der Waals surface area contributed by atoms with Crippen LogP contribution >= 0.6 is 11.6 Å². The summed E-state index contributed by atoms with van der Waals surface area (Å²) in [6.45, 7) is 0.446. The van der Waals surface area contributed by atoms with Gasteiger partial charge in [0, 0.05) is 17.5 Å². The van der Waals surface area contributed by atoms with Crippen molar-refractivity contribution in [3.05, 3.63) is 34.9 Å². The lowest BCUT2D eigenvalue weighted by Crippen LogP contribution is -2.35. The summed E-state index contributed by atoms with van der Waals surface area (Å²) in [4.78, 5) is 0. The van der Waals surface area contributed by atoms with Gasteiger partial charge in [0.1, 0.15) is 0 Å². The van der Waals surface area contributed by atoms with E-state index in [9.17, 15) is 5.11 Å². The van der Waals surface area contributed by atoms with E-state index < -0.39 is 0 Å². The van der Waals surface area contributed by atoms with E-state index in [1.807, 2.05) is 24.3 Å². The first-order valence-corrected chi connectivity index (χ1v) is 6.24. The molecule has 1 aliphatic rings. The van der Waals surface area contributed by atoms with Gasteiger partial charge in [0.25, 0.3) is 0 Å². The lowest BCUT2D eigenvalue weighted by atomic mass is 9.75. The van der Waals surface area contributed by atoms with Gasteiger partial charge in [-0.15, -0.1) is 0 Å². The molecule has 2 atom stereocenters. The van der Waals surface area contributed by atoms with Crippen molar-refractivity contribution >= 4 is 11.6 Å². The Morgan fingerprint density at radius 2 is 2.06 bits per heavy atom. The van der Waals surface area contributed by atoms with Crippen LogP contribution in [-0.4, -0.2) is 17.8 Å². The molecule has 0 amide bonds. The molecule has 0 spiro atoms. The van der Waals surface area contributed by atoms with Gasteiger partial charge in [0.2, 0.25) is 0 Å². The van der Waals surface area contributed by atoms with Crippen LogP contribution in [0.2, 0.25) is 5.02 Å². The molecule has 1 aliphatic carbocycles. The van der Waals surface area contributed by atoms with Crippen LogP contribution < -0.4 is 5.73 Å². The van der Waals surface area contributed by atoms with Gasteiger partial charge in [-0.2, -0.15) is 0 Å². The second-order valence-electron chi connectivity index (χ2n) is 4.55. The number of rotatable bonds is 4. The molecule has 2 unspecified atom stereocenters. The molecule has 1 saturated carbocycles. The fourth-order valence-corrected chi connectivity index (χ4v) is 2.61. The first-order chi connectivity index (χ1) is 7.74. The summed E-state index contributed by atoms with van der Waals surface area (Å²) in [5.41, 5.74) is 6.75. The van der Waals surface area contributed by atoms with E-state index >= 15 is 0 Å². The fraction of sp³-hybridized carbons (Fsp3) is 0.538. The summed E-state index contributed by atoms with van der Waals surface area (Å²) in [7, 11) is 0. The quantitative estimate of drug-likeness (QED) is 0.848. The van der Waals surface area contributed by atoms with Crippen molar-refractivity contribution in [3.8, 4) is 0 Å². The van der Waals surface area contributed by atoms with Gasteiger partial charge >= 0.3 is 0 Å². The molecule has 1 aromatic rings. The molecule has 16 heavy (non-hydrogen) atoms. The number of hydrogen-bond acceptors (Lipinski definition) is 2. The minimum absolute atomic E-state index is 0.0287. The first kappa shape index (κ1) is 11.9. The molecule has 0 heterocycles. The van der Waals surface area contributed by atoms with Gasteiger partial charge < -0.3 is 10.8 Å². The van der Waals surface area contributed by atoms with Crippen LogP contribution in [0.15, 0.2) is 24.3 Å². The van der Waals surface area contributed by atoms with Crippen molar-refractivity contribution in [2.75, 3.05) is 6.54 Å². The fourth-order valence-electron chi connectivity index (χ4n) is 2.34. The largest absolute Gasteiger partial charge is 0.392 e. The Morgan fingerprint density at radius 3 is 2.56 bits per heavy atom. The van der Waals surface area contributed by atoms with Crippen molar-refractivity contribution in [1.29, 1.82) is 0 Å². The van der Waals surface area contributed by atoms with Gasteiger partial charge in [-0.25, -0.2) is 0 Å². The zero-order chi connectivity index (χ0) is 11.5. The van der Waals surface area contributed by atoms with Gasteiger partial charge in [-0.3, -0.25) is 0 Å². The van der Waals surface area contributed by atoms with Crippen LogP contribution in [0.1, 0.15) is 30.7 Å². The Morgan fingerprint density at radius 1 is 1.38 bits per heavy atom. The highest BCUT2D eigenvalue weighted by molar-refractivity contribution is 6.31. The lowest BCUT2D eigenvalue weighted by molar-refractivity contribution is 0.0420. The van der Waals surface area contributed by atoms with Gasteiger partial charge in [-0.1, -0.05) is 36.2 Å². The number of nitrogens with two attached hydrogens (primary N) is 1. The van der Waals surface area contributed by atoms with Crippen molar-refractivity contribution in [2.45, 2.75) is 31.3 Å². The molecule has 1 fully saturated rings. The molecule has 0 aliphatic heterocycles. The first-order valence-electron chi connectivity index (χ1n) is 5.86. The van der Waals surface area contributed by atoms with Gasteiger partial charge in [0.05, 0.1) is 6.10 Å². The maximum Gasteiger partial charge on any atom is 0.0649 e. The Kier molecular flexibility index (Phi) is 3.85. The summed E-state index contributed by atoms with van der Waals surface area (Å²) in [5.74, 6) is 0.379. The van der Waals surface area contributed by atoms with Crippen molar-refractivity contribution in [1.82, 2.24) is 0 Å². The van der Waals surface area contributed by atoms with E-state index in [-0.39, 0.29) is 12.0 Å². The second kappa shape index (κ2) is 5.17. The highest BCUT2D eigenvalue weighted by Gasteiger charge is 2.32.